The fraction of sp³-hybridized carbons (Fsp3) is 0.500. The Balaban J connectivity index is 3.29. The lowest BCUT2D eigenvalue weighted by Crippen LogP contribution is -2.00. The molecule has 0 amide bonds. The first-order valence-electron chi connectivity index (χ1n) is 1.89. The zero-order valence-corrected chi connectivity index (χ0v) is 5.03. The summed E-state index contributed by atoms with van der Waals surface area (Å²) in [6, 6.07) is 0. The number of thioether (sulfide) groups is 1. The van der Waals surface area contributed by atoms with Gasteiger partial charge in [-0.2, -0.15) is 0 Å². The standard InChI is InChI=1S/C4H9NOS/c1-7-3-4(5)2-6/h3,6H,2,5H2,1H3/b4-3-. The highest BCUT2D eigenvalue weighted by Gasteiger charge is 1.78. The third kappa shape index (κ3) is 3.69. The van der Waals surface area contributed by atoms with Crippen molar-refractivity contribution in [3.8, 4) is 0 Å². The predicted molar refractivity (Wildman–Crippen MR) is 32.9 cm³/mol. The van der Waals surface area contributed by atoms with Crippen LogP contribution in [0.15, 0.2) is 11.1 Å². The number of hydrogen-bond acceptors (Lipinski definition) is 3. The van der Waals surface area contributed by atoms with E-state index in [1.165, 1.54) is 11.8 Å². The first-order valence-corrected chi connectivity index (χ1v) is 3.18. The molecule has 0 aliphatic heterocycles. The summed E-state index contributed by atoms with van der Waals surface area (Å²) in [5, 5.41) is 9.97. The summed E-state index contributed by atoms with van der Waals surface area (Å²) in [5.74, 6) is 0. The summed E-state index contributed by atoms with van der Waals surface area (Å²) in [4.78, 5) is 0. The molecule has 0 rings (SSSR count). The molecule has 0 bridgehead atoms. The van der Waals surface area contributed by atoms with E-state index in [0.717, 1.165) is 0 Å². The van der Waals surface area contributed by atoms with Gasteiger partial charge in [-0.1, -0.05) is 0 Å². The highest BCUT2D eigenvalue weighted by atomic mass is 32.2. The smallest absolute Gasteiger partial charge is 0.0830 e. The molecular formula is C4H9NOS. The highest BCUT2D eigenvalue weighted by molar-refractivity contribution is 8.01. The number of aliphatic hydroxyl groups excluding tert-OH is 1. The highest BCUT2D eigenvalue weighted by Crippen LogP contribution is 1.95. The predicted octanol–water partition coefficient (Wildman–Crippen LogP) is 0.142. The quantitative estimate of drug-likeness (QED) is 0.543. The molecule has 0 aromatic carbocycles. The van der Waals surface area contributed by atoms with Crippen LogP contribution in [0, 0.1) is 0 Å². The molecule has 42 valence electrons. The van der Waals surface area contributed by atoms with Gasteiger partial charge in [-0.15, -0.1) is 11.8 Å². The molecule has 0 aliphatic carbocycles. The van der Waals surface area contributed by atoms with Gasteiger partial charge in [0.15, 0.2) is 0 Å². The second kappa shape index (κ2) is 4.02. The van der Waals surface area contributed by atoms with E-state index in [1.807, 2.05) is 6.26 Å². The van der Waals surface area contributed by atoms with Gasteiger partial charge in [0.05, 0.1) is 6.61 Å². The topological polar surface area (TPSA) is 46.2 Å². The zero-order chi connectivity index (χ0) is 5.70. The minimum Gasteiger partial charge on any atom is -0.400 e. The summed E-state index contributed by atoms with van der Waals surface area (Å²) in [7, 11) is 0. The first kappa shape index (κ1) is 6.85. The van der Waals surface area contributed by atoms with Gasteiger partial charge in [-0.25, -0.2) is 0 Å². The van der Waals surface area contributed by atoms with Crippen LogP contribution in [0.2, 0.25) is 0 Å². The maximum absolute atomic E-state index is 8.26. The van der Waals surface area contributed by atoms with E-state index in [1.54, 1.807) is 5.41 Å². The molecule has 0 aromatic rings. The van der Waals surface area contributed by atoms with Crippen LogP contribution in [0.25, 0.3) is 0 Å². The normalized spacial score (nSPS) is 12.0. The van der Waals surface area contributed by atoms with E-state index in [9.17, 15) is 0 Å². The van der Waals surface area contributed by atoms with E-state index >= 15 is 0 Å². The third-order valence-corrected chi connectivity index (χ3v) is 0.990. The van der Waals surface area contributed by atoms with Gasteiger partial charge >= 0.3 is 0 Å². The summed E-state index contributed by atoms with van der Waals surface area (Å²) in [6.07, 6.45) is 1.89. The van der Waals surface area contributed by atoms with Crippen LogP contribution in [0.4, 0.5) is 0 Å². The van der Waals surface area contributed by atoms with Gasteiger partial charge in [0.25, 0.3) is 0 Å². The molecule has 3 heteroatoms. The maximum atomic E-state index is 8.26. The summed E-state index contributed by atoms with van der Waals surface area (Å²) in [5.41, 5.74) is 5.69. The fourth-order valence-electron chi connectivity index (χ4n) is 0.189. The molecule has 3 N–H and O–H groups in total. The lowest BCUT2D eigenvalue weighted by atomic mass is 10.6. The van der Waals surface area contributed by atoms with Crippen LogP contribution in [-0.4, -0.2) is 18.0 Å². The van der Waals surface area contributed by atoms with Crippen LogP contribution >= 0.6 is 11.8 Å². The molecular weight excluding hydrogens is 110 g/mol. The molecule has 0 radical (unpaired) electrons. The van der Waals surface area contributed by atoms with Gasteiger partial charge in [0.2, 0.25) is 0 Å². The molecule has 7 heavy (non-hydrogen) atoms. The second-order valence-corrected chi connectivity index (χ2v) is 1.79. The molecule has 0 aromatic heterocycles. The molecule has 0 fully saturated rings. The van der Waals surface area contributed by atoms with Gasteiger partial charge in [0.1, 0.15) is 0 Å². The Morgan fingerprint density at radius 3 is 2.71 bits per heavy atom. The Kier molecular flexibility index (Phi) is 3.93. The van der Waals surface area contributed by atoms with E-state index in [2.05, 4.69) is 0 Å². The average molecular weight is 119 g/mol. The van der Waals surface area contributed by atoms with Crippen molar-refractivity contribution in [1.82, 2.24) is 0 Å². The summed E-state index contributed by atoms with van der Waals surface area (Å²) in [6.45, 7) is -0.0408. The van der Waals surface area contributed by atoms with Crippen LogP contribution < -0.4 is 5.73 Å². The minimum atomic E-state index is -0.0408. The number of rotatable bonds is 2. The molecule has 0 heterocycles. The van der Waals surface area contributed by atoms with E-state index in [4.69, 9.17) is 10.8 Å². The Labute approximate surface area is 47.4 Å². The van der Waals surface area contributed by atoms with Crippen molar-refractivity contribution in [3.63, 3.8) is 0 Å². The molecule has 0 saturated heterocycles. The fourth-order valence-corrected chi connectivity index (χ4v) is 0.566. The number of aliphatic hydroxyl groups is 1. The van der Waals surface area contributed by atoms with Gasteiger partial charge in [-0.3, -0.25) is 0 Å². The van der Waals surface area contributed by atoms with Crippen molar-refractivity contribution in [2.75, 3.05) is 12.9 Å². The first-order chi connectivity index (χ1) is 3.31. The SMILES string of the molecule is CS/C=C(\N)CO. The summed E-state index contributed by atoms with van der Waals surface area (Å²) >= 11 is 1.49. The second-order valence-electron chi connectivity index (χ2n) is 1.09. The molecule has 2 nitrogen and oxygen atoms in total. The Bertz CT molecular complexity index is 72.1. The summed E-state index contributed by atoms with van der Waals surface area (Å²) < 4.78 is 0. The third-order valence-electron chi connectivity index (χ3n) is 0.452. The van der Waals surface area contributed by atoms with Crippen molar-refractivity contribution in [3.05, 3.63) is 11.1 Å². The lowest BCUT2D eigenvalue weighted by Gasteiger charge is -1.88. The van der Waals surface area contributed by atoms with Crippen molar-refractivity contribution >= 4 is 11.8 Å². The molecule has 0 atom stereocenters. The van der Waals surface area contributed by atoms with Crippen LogP contribution in [-0.2, 0) is 0 Å². The van der Waals surface area contributed by atoms with Crippen LogP contribution in [0.3, 0.4) is 0 Å². The minimum absolute atomic E-state index is 0.0408. The number of hydrogen-bond donors (Lipinski definition) is 2. The van der Waals surface area contributed by atoms with Crippen LogP contribution in [0.5, 0.6) is 0 Å². The molecule has 0 aliphatic rings. The van der Waals surface area contributed by atoms with Crippen molar-refractivity contribution in [1.29, 1.82) is 0 Å². The average Bonchev–Trinajstić information content (AvgIpc) is 1.68. The van der Waals surface area contributed by atoms with Gasteiger partial charge in [0, 0.05) is 5.70 Å². The van der Waals surface area contributed by atoms with E-state index in [0.29, 0.717) is 5.70 Å². The van der Waals surface area contributed by atoms with Crippen LogP contribution in [0.1, 0.15) is 0 Å². The van der Waals surface area contributed by atoms with Gasteiger partial charge in [-0.05, 0) is 11.7 Å². The zero-order valence-electron chi connectivity index (χ0n) is 4.22. The Hall–Kier alpha value is -0.150. The van der Waals surface area contributed by atoms with Crippen molar-refractivity contribution in [2.45, 2.75) is 0 Å². The van der Waals surface area contributed by atoms with Crippen molar-refractivity contribution < 1.29 is 5.11 Å². The molecule has 0 spiro atoms. The largest absolute Gasteiger partial charge is 0.400 e. The van der Waals surface area contributed by atoms with E-state index in [-0.39, 0.29) is 6.61 Å². The van der Waals surface area contributed by atoms with E-state index < -0.39 is 0 Å². The number of nitrogens with two attached hydrogens (primary N) is 1. The lowest BCUT2D eigenvalue weighted by molar-refractivity contribution is 0.330. The Morgan fingerprint density at radius 2 is 2.57 bits per heavy atom. The van der Waals surface area contributed by atoms with Gasteiger partial charge < -0.3 is 10.8 Å². The monoisotopic (exact) mass is 119 g/mol. The maximum Gasteiger partial charge on any atom is 0.0830 e. The molecule has 0 unspecified atom stereocenters. The Morgan fingerprint density at radius 1 is 2.00 bits per heavy atom. The molecule has 0 saturated carbocycles. The van der Waals surface area contributed by atoms with Crippen molar-refractivity contribution in [2.24, 2.45) is 5.73 Å².